The van der Waals surface area contributed by atoms with E-state index in [0.29, 0.717) is 5.69 Å². The lowest BCUT2D eigenvalue weighted by atomic mass is 10.2. The summed E-state index contributed by atoms with van der Waals surface area (Å²) in [7, 11) is 0. The van der Waals surface area contributed by atoms with Crippen LogP contribution in [0.1, 0.15) is 43.1 Å². The molecule has 2 saturated heterocycles. The first-order chi connectivity index (χ1) is 11.3. The molecule has 2 aliphatic rings. The van der Waals surface area contributed by atoms with Crippen LogP contribution >= 0.6 is 0 Å². The number of aromatic nitrogens is 1. The van der Waals surface area contributed by atoms with E-state index in [2.05, 4.69) is 21.7 Å². The molecule has 0 N–H and O–H groups in total. The lowest BCUT2D eigenvalue weighted by molar-refractivity contribution is 0.0756. The second kappa shape index (κ2) is 7.77. The number of amides is 1. The number of pyridine rings is 1. The molecule has 5 nitrogen and oxygen atoms in total. The van der Waals surface area contributed by atoms with Crippen LogP contribution in [0.4, 0.5) is 5.69 Å². The molecule has 126 valence electrons. The molecule has 5 heteroatoms. The summed E-state index contributed by atoms with van der Waals surface area (Å²) in [4.78, 5) is 23.9. The van der Waals surface area contributed by atoms with Gasteiger partial charge in [-0.05, 0) is 31.5 Å². The van der Waals surface area contributed by atoms with E-state index in [1.165, 1.54) is 12.8 Å². The van der Waals surface area contributed by atoms with Crippen LogP contribution in [0.25, 0.3) is 0 Å². The van der Waals surface area contributed by atoms with Crippen molar-refractivity contribution in [1.29, 1.82) is 0 Å². The van der Waals surface area contributed by atoms with E-state index in [-0.39, 0.29) is 5.91 Å². The Morgan fingerprint density at radius 1 is 1.04 bits per heavy atom. The minimum atomic E-state index is 0.0981. The summed E-state index contributed by atoms with van der Waals surface area (Å²) in [6.45, 7) is 9.30. The van der Waals surface area contributed by atoms with E-state index < -0.39 is 0 Å². The third-order valence-corrected chi connectivity index (χ3v) is 5.04. The minimum Gasteiger partial charge on any atom is -0.369 e. The van der Waals surface area contributed by atoms with Gasteiger partial charge in [-0.3, -0.25) is 9.78 Å². The Kier molecular flexibility index (Phi) is 5.49. The molecule has 1 aromatic heterocycles. The summed E-state index contributed by atoms with van der Waals surface area (Å²) in [6, 6.07) is 4.01. The van der Waals surface area contributed by atoms with Crippen molar-refractivity contribution in [3.63, 3.8) is 0 Å². The van der Waals surface area contributed by atoms with Crippen LogP contribution in [0.5, 0.6) is 0 Å². The van der Waals surface area contributed by atoms with E-state index in [4.69, 9.17) is 0 Å². The maximum absolute atomic E-state index is 12.7. The molecule has 0 saturated carbocycles. The monoisotopic (exact) mass is 316 g/mol. The van der Waals surface area contributed by atoms with Gasteiger partial charge >= 0.3 is 0 Å². The van der Waals surface area contributed by atoms with Crippen LogP contribution in [0, 0.1) is 0 Å². The van der Waals surface area contributed by atoms with Gasteiger partial charge in [0.05, 0.1) is 0 Å². The lowest BCUT2D eigenvalue weighted by Gasteiger charge is -2.35. The molecular formula is C18H28N4O. The number of likely N-dealkylation sites (tertiary alicyclic amines) is 1. The summed E-state index contributed by atoms with van der Waals surface area (Å²) in [5, 5.41) is 0. The molecule has 2 fully saturated rings. The number of anilines is 1. The molecule has 2 aliphatic heterocycles. The third kappa shape index (κ3) is 4.02. The quantitative estimate of drug-likeness (QED) is 0.857. The molecule has 0 bridgehead atoms. The van der Waals surface area contributed by atoms with Crippen molar-refractivity contribution < 1.29 is 4.79 Å². The van der Waals surface area contributed by atoms with E-state index in [9.17, 15) is 4.79 Å². The second-order valence-electron chi connectivity index (χ2n) is 6.53. The molecule has 0 spiro atoms. The average Bonchev–Trinajstić information content (AvgIpc) is 2.91. The van der Waals surface area contributed by atoms with Crippen LogP contribution in [-0.4, -0.2) is 66.5 Å². The van der Waals surface area contributed by atoms with Crippen molar-refractivity contribution in [3.8, 4) is 0 Å². The average molecular weight is 316 g/mol. The lowest BCUT2D eigenvalue weighted by Crippen LogP contribution is -2.46. The van der Waals surface area contributed by atoms with Crippen LogP contribution in [0.3, 0.4) is 0 Å². The number of rotatable bonds is 3. The SMILES string of the molecule is CCN1CCN(c2ccnc(C(=O)N3CCCCCC3)c2)CC1. The predicted octanol–water partition coefficient (Wildman–Crippen LogP) is 2.24. The third-order valence-electron chi connectivity index (χ3n) is 5.04. The highest BCUT2D eigenvalue weighted by molar-refractivity contribution is 5.93. The topological polar surface area (TPSA) is 39.7 Å². The number of hydrogen-bond donors (Lipinski definition) is 0. The first-order valence-corrected chi connectivity index (χ1v) is 9.00. The number of carbonyl (C=O) groups is 1. The molecule has 23 heavy (non-hydrogen) atoms. The Hall–Kier alpha value is -1.62. The first kappa shape index (κ1) is 16.2. The van der Waals surface area contributed by atoms with Gasteiger partial charge in [-0.2, -0.15) is 0 Å². The van der Waals surface area contributed by atoms with Crippen molar-refractivity contribution in [3.05, 3.63) is 24.0 Å². The highest BCUT2D eigenvalue weighted by atomic mass is 16.2. The molecular weight excluding hydrogens is 288 g/mol. The van der Waals surface area contributed by atoms with Gasteiger partial charge in [-0.1, -0.05) is 19.8 Å². The van der Waals surface area contributed by atoms with Crippen LogP contribution in [-0.2, 0) is 0 Å². The Balaban J connectivity index is 1.68. The molecule has 3 heterocycles. The fraction of sp³-hybridized carbons (Fsp3) is 0.667. The van der Waals surface area contributed by atoms with Gasteiger partial charge in [-0.15, -0.1) is 0 Å². The Bertz CT molecular complexity index is 518. The zero-order valence-corrected chi connectivity index (χ0v) is 14.2. The number of likely N-dealkylation sites (N-methyl/N-ethyl adjacent to an activating group) is 1. The molecule has 0 atom stereocenters. The maximum Gasteiger partial charge on any atom is 0.272 e. The summed E-state index contributed by atoms with van der Waals surface area (Å²) in [6.07, 6.45) is 6.49. The fourth-order valence-corrected chi connectivity index (χ4v) is 3.49. The van der Waals surface area contributed by atoms with E-state index in [0.717, 1.165) is 64.3 Å². The zero-order valence-electron chi connectivity index (χ0n) is 14.2. The predicted molar refractivity (Wildman–Crippen MR) is 92.9 cm³/mol. The van der Waals surface area contributed by atoms with E-state index >= 15 is 0 Å². The van der Waals surface area contributed by atoms with E-state index in [1.54, 1.807) is 6.20 Å². The van der Waals surface area contributed by atoms with Crippen LogP contribution in [0.2, 0.25) is 0 Å². The Morgan fingerprint density at radius 3 is 2.39 bits per heavy atom. The number of piperazine rings is 1. The van der Waals surface area contributed by atoms with Gasteiger partial charge in [0.1, 0.15) is 5.69 Å². The highest BCUT2D eigenvalue weighted by Gasteiger charge is 2.21. The minimum absolute atomic E-state index is 0.0981. The number of carbonyl (C=O) groups excluding carboxylic acids is 1. The van der Waals surface area contributed by atoms with E-state index in [1.807, 2.05) is 17.0 Å². The van der Waals surface area contributed by atoms with Gasteiger partial charge in [0.25, 0.3) is 5.91 Å². The van der Waals surface area contributed by atoms with Crippen molar-refractivity contribution in [2.75, 3.05) is 50.7 Å². The first-order valence-electron chi connectivity index (χ1n) is 9.00. The smallest absolute Gasteiger partial charge is 0.272 e. The van der Waals surface area contributed by atoms with Gasteiger partial charge < -0.3 is 14.7 Å². The summed E-state index contributed by atoms with van der Waals surface area (Å²) < 4.78 is 0. The second-order valence-corrected chi connectivity index (χ2v) is 6.53. The molecule has 0 unspecified atom stereocenters. The van der Waals surface area contributed by atoms with Gasteiger partial charge in [-0.25, -0.2) is 0 Å². The van der Waals surface area contributed by atoms with Crippen LogP contribution < -0.4 is 4.90 Å². The summed E-state index contributed by atoms with van der Waals surface area (Å²) in [5.74, 6) is 0.0981. The fourth-order valence-electron chi connectivity index (χ4n) is 3.49. The van der Waals surface area contributed by atoms with Gasteiger partial charge in [0, 0.05) is 51.2 Å². The zero-order chi connectivity index (χ0) is 16.1. The Labute approximate surface area is 139 Å². The summed E-state index contributed by atoms with van der Waals surface area (Å²) >= 11 is 0. The molecule has 0 aliphatic carbocycles. The normalized spacial score (nSPS) is 20.4. The van der Waals surface area contributed by atoms with Gasteiger partial charge in [0.2, 0.25) is 0 Å². The molecule has 1 aromatic rings. The van der Waals surface area contributed by atoms with Crippen molar-refractivity contribution in [2.24, 2.45) is 0 Å². The number of nitrogens with zero attached hydrogens (tertiary/aromatic N) is 4. The van der Waals surface area contributed by atoms with Crippen molar-refractivity contribution in [2.45, 2.75) is 32.6 Å². The maximum atomic E-state index is 12.7. The molecule has 0 aromatic carbocycles. The van der Waals surface area contributed by atoms with Gasteiger partial charge in [0.15, 0.2) is 0 Å². The molecule has 3 rings (SSSR count). The van der Waals surface area contributed by atoms with Crippen molar-refractivity contribution >= 4 is 11.6 Å². The molecule has 0 radical (unpaired) electrons. The highest BCUT2D eigenvalue weighted by Crippen LogP contribution is 2.19. The standard InChI is InChI=1S/C18H28N4O/c1-2-20-11-13-21(14-12-20)16-7-8-19-17(15-16)18(23)22-9-5-3-4-6-10-22/h7-8,15H,2-6,9-14H2,1H3. The molecule has 1 amide bonds. The van der Waals surface area contributed by atoms with Crippen LogP contribution in [0.15, 0.2) is 18.3 Å². The summed E-state index contributed by atoms with van der Waals surface area (Å²) in [5.41, 5.74) is 1.73. The Morgan fingerprint density at radius 2 is 1.74 bits per heavy atom. The van der Waals surface area contributed by atoms with Crippen molar-refractivity contribution in [1.82, 2.24) is 14.8 Å². The largest absolute Gasteiger partial charge is 0.369 e. The number of hydrogen-bond acceptors (Lipinski definition) is 4.